The minimum Gasteiger partial charge on any atom is -0.462 e. The summed E-state index contributed by atoms with van der Waals surface area (Å²) in [6.45, 7) is 4.68. The summed E-state index contributed by atoms with van der Waals surface area (Å²) in [5.41, 5.74) is 1.65. The predicted molar refractivity (Wildman–Crippen MR) is 72.5 cm³/mol. The Balaban J connectivity index is 1.92. The van der Waals surface area contributed by atoms with Crippen molar-refractivity contribution >= 4 is 5.97 Å². The lowest BCUT2D eigenvalue weighted by atomic mass is 9.85. The molecule has 0 saturated heterocycles. The Morgan fingerprint density at radius 3 is 2.72 bits per heavy atom. The predicted octanol–water partition coefficient (Wildman–Crippen LogP) is 3.75. The van der Waals surface area contributed by atoms with Crippen LogP contribution in [0.4, 0.5) is 0 Å². The van der Waals surface area contributed by atoms with E-state index in [1.807, 2.05) is 31.2 Å². The van der Waals surface area contributed by atoms with Gasteiger partial charge in [-0.3, -0.25) is 0 Å². The van der Waals surface area contributed by atoms with Gasteiger partial charge in [-0.15, -0.1) is 0 Å². The van der Waals surface area contributed by atoms with Crippen LogP contribution >= 0.6 is 0 Å². The van der Waals surface area contributed by atoms with E-state index in [4.69, 9.17) is 4.74 Å². The van der Waals surface area contributed by atoms with Crippen LogP contribution in [0.15, 0.2) is 36.4 Å². The Morgan fingerprint density at radius 1 is 1.28 bits per heavy atom. The Labute approximate surface area is 109 Å². The Morgan fingerprint density at radius 2 is 2.00 bits per heavy atom. The lowest BCUT2D eigenvalue weighted by Gasteiger charge is -2.24. The summed E-state index contributed by atoms with van der Waals surface area (Å²) in [5, 5.41) is 0. The molecule has 96 valence electrons. The Kier molecular flexibility index (Phi) is 4.19. The van der Waals surface area contributed by atoms with Crippen molar-refractivity contribution in [1.29, 1.82) is 0 Å². The van der Waals surface area contributed by atoms with Crippen molar-refractivity contribution in [2.24, 2.45) is 11.8 Å². The molecule has 0 aliphatic heterocycles. The number of esters is 1. The molecule has 2 unspecified atom stereocenters. The number of carbonyl (C=O) groups excluding carboxylic acids is 1. The van der Waals surface area contributed by atoms with Crippen LogP contribution < -0.4 is 0 Å². The highest BCUT2D eigenvalue weighted by Crippen LogP contribution is 2.25. The number of rotatable bonds is 3. The molecule has 1 aromatic rings. The van der Waals surface area contributed by atoms with E-state index in [2.05, 4.69) is 19.1 Å². The third-order valence-corrected chi connectivity index (χ3v) is 3.71. The van der Waals surface area contributed by atoms with Crippen molar-refractivity contribution in [3.05, 3.63) is 47.5 Å². The maximum absolute atomic E-state index is 12.0. The first-order chi connectivity index (χ1) is 8.68. The number of carbonyl (C=O) groups is 1. The summed E-state index contributed by atoms with van der Waals surface area (Å²) in [4.78, 5) is 12.0. The molecule has 2 heteroatoms. The highest BCUT2D eigenvalue weighted by Gasteiger charge is 2.20. The van der Waals surface area contributed by atoms with Crippen LogP contribution in [0.3, 0.4) is 0 Å². The quantitative estimate of drug-likeness (QED) is 0.598. The van der Waals surface area contributed by atoms with Gasteiger partial charge in [-0.25, -0.2) is 4.79 Å². The normalized spacial score (nSPS) is 22.8. The van der Waals surface area contributed by atoms with E-state index in [-0.39, 0.29) is 5.97 Å². The molecule has 0 radical (unpaired) electrons. The van der Waals surface area contributed by atoms with E-state index in [1.165, 1.54) is 0 Å². The molecule has 1 aliphatic carbocycles. The summed E-state index contributed by atoms with van der Waals surface area (Å²) in [7, 11) is 0. The van der Waals surface area contributed by atoms with Gasteiger partial charge in [-0.2, -0.15) is 0 Å². The molecule has 0 spiro atoms. The van der Waals surface area contributed by atoms with E-state index in [9.17, 15) is 4.79 Å². The summed E-state index contributed by atoms with van der Waals surface area (Å²) >= 11 is 0. The molecule has 2 rings (SSSR count). The molecule has 0 N–H and O–H groups in total. The maximum Gasteiger partial charge on any atom is 0.338 e. The molecule has 0 amide bonds. The van der Waals surface area contributed by atoms with Crippen LogP contribution in [0.2, 0.25) is 0 Å². The molecule has 2 atom stereocenters. The molecule has 18 heavy (non-hydrogen) atoms. The smallest absolute Gasteiger partial charge is 0.338 e. The molecular formula is C16H20O2. The van der Waals surface area contributed by atoms with Crippen LogP contribution in [0.5, 0.6) is 0 Å². The van der Waals surface area contributed by atoms with Crippen molar-refractivity contribution in [2.45, 2.75) is 26.7 Å². The number of aryl methyl sites for hydroxylation is 1. The van der Waals surface area contributed by atoms with Crippen LogP contribution in [0, 0.1) is 18.8 Å². The molecule has 0 heterocycles. The van der Waals surface area contributed by atoms with Gasteiger partial charge in [0, 0.05) is 0 Å². The first-order valence-electron chi connectivity index (χ1n) is 6.56. The maximum atomic E-state index is 12.0. The molecule has 1 aromatic carbocycles. The van der Waals surface area contributed by atoms with Gasteiger partial charge >= 0.3 is 5.97 Å². The Bertz CT molecular complexity index is 448. The number of benzene rings is 1. The van der Waals surface area contributed by atoms with Crippen LogP contribution in [0.25, 0.3) is 0 Å². The summed E-state index contributed by atoms with van der Waals surface area (Å²) < 4.78 is 5.45. The second-order valence-electron chi connectivity index (χ2n) is 5.09. The van der Waals surface area contributed by atoms with Gasteiger partial charge in [-0.05, 0) is 43.2 Å². The summed E-state index contributed by atoms with van der Waals surface area (Å²) in [6, 6.07) is 7.56. The average molecular weight is 244 g/mol. The van der Waals surface area contributed by atoms with E-state index in [1.54, 1.807) is 0 Å². The number of hydrogen-bond acceptors (Lipinski definition) is 2. The van der Waals surface area contributed by atoms with Crippen molar-refractivity contribution in [3.63, 3.8) is 0 Å². The van der Waals surface area contributed by atoms with E-state index < -0.39 is 0 Å². The molecule has 0 saturated carbocycles. The van der Waals surface area contributed by atoms with Crippen molar-refractivity contribution in [2.75, 3.05) is 6.61 Å². The van der Waals surface area contributed by atoms with Gasteiger partial charge < -0.3 is 4.74 Å². The van der Waals surface area contributed by atoms with Gasteiger partial charge in [0.2, 0.25) is 0 Å². The lowest BCUT2D eigenvalue weighted by molar-refractivity contribution is 0.0394. The minimum absolute atomic E-state index is 0.199. The van der Waals surface area contributed by atoms with E-state index in [0.717, 1.165) is 18.4 Å². The Hall–Kier alpha value is -1.57. The SMILES string of the molecule is Cc1ccccc1C(=O)OCC1CC=CCC1C. The number of allylic oxidation sites excluding steroid dienone is 2. The lowest BCUT2D eigenvalue weighted by Crippen LogP contribution is -2.21. The van der Waals surface area contributed by atoms with Crippen LogP contribution in [-0.2, 0) is 4.74 Å². The van der Waals surface area contributed by atoms with Gasteiger partial charge in [0.25, 0.3) is 0 Å². The van der Waals surface area contributed by atoms with E-state index in [0.29, 0.717) is 24.0 Å². The number of ether oxygens (including phenoxy) is 1. The first-order valence-corrected chi connectivity index (χ1v) is 6.56. The zero-order valence-corrected chi connectivity index (χ0v) is 11.1. The topological polar surface area (TPSA) is 26.3 Å². The second kappa shape index (κ2) is 5.85. The van der Waals surface area contributed by atoms with Gasteiger partial charge in [-0.1, -0.05) is 37.3 Å². The van der Waals surface area contributed by atoms with Gasteiger partial charge in [0.05, 0.1) is 12.2 Å². The van der Waals surface area contributed by atoms with Crippen molar-refractivity contribution in [3.8, 4) is 0 Å². The molecular weight excluding hydrogens is 224 g/mol. The average Bonchev–Trinajstić information content (AvgIpc) is 2.38. The second-order valence-corrected chi connectivity index (χ2v) is 5.09. The van der Waals surface area contributed by atoms with Crippen molar-refractivity contribution < 1.29 is 9.53 Å². The van der Waals surface area contributed by atoms with Gasteiger partial charge in [0.1, 0.15) is 0 Å². The highest BCUT2D eigenvalue weighted by atomic mass is 16.5. The van der Waals surface area contributed by atoms with Gasteiger partial charge in [0.15, 0.2) is 0 Å². The first kappa shape index (κ1) is 12.9. The number of hydrogen-bond donors (Lipinski definition) is 0. The highest BCUT2D eigenvalue weighted by molar-refractivity contribution is 5.90. The van der Waals surface area contributed by atoms with Crippen LogP contribution in [-0.4, -0.2) is 12.6 Å². The molecule has 0 bridgehead atoms. The zero-order chi connectivity index (χ0) is 13.0. The molecule has 0 fully saturated rings. The molecule has 0 aromatic heterocycles. The standard InChI is InChI=1S/C16H20O2/c1-12-7-3-5-9-14(12)11-18-16(17)15-10-6-4-8-13(15)2/h3-6,8,10,12,14H,7,9,11H2,1-2H3. The fourth-order valence-corrected chi connectivity index (χ4v) is 2.30. The third-order valence-electron chi connectivity index (χ3n) is 3.71. The summed E-state index contributed by atoms with van der Waals surface area (Å²) in [6.07, 6.45) is 6.51. The van der Waals surface area contributed by atoms with E-state index >= 15 is 0 Å². The minimum atomic E-state index is -0.199. The monoisotopic (exact) mass is 244 g/mol. The molecule has 2 nitrogen and oxygen atoms in total. The largest absolute Gasteiger partial charge is 0.462 e. The van der Waals surface area contributed by atoms with Crippen LogP contribution in [0.1, 0.15) is 35.7 Å². The third kappa shape index (κ3) is 3.00. The summed E-state index contributed by atoms with van der Waals surface area (Å²) in [5.74, 6) is 0.859. The fourth-order valence-electron chi connectivity index (χ4n) is 2.30. The van der Waals surface area contributed by atoms with Crippen molar-refractivity contribution in [1.82, 2.24) is 0 Å². The zero-order valence-electron chi connectivity index (χ0n) is 11.1. The molecule has 1 aliphatic rings. The fraction of sp³-hybridized carbons (Fsp3) is 0.438.